The molecule has 0 aliphatic carbocycles. The van der Waals surface area contributed by atoms with Gasteiger partial charge in [-0.15, -0.1) is 0 Å². The van der Waals surface area contributed by atoms with E-state index in [0.717, 1.165) is 9.79 Å². The molecule has 0 aliphatic heterocycles. The number of benzene rings is 2. The number of aryl methyl sites for hydroxylation is 1. The number of carbonyl (C=O) groups is 1. The first kappa shape index (κ1) is 14.4. The topological polar surface area (TPSA) is 26.3 Å². The Kier molecular flexibility index (Phi) is 5.02. The first-order chi connectivity index (χ1) is 9.70. The normalized spacial score (nSPS) is 10.1. The molecular formula is C17H16O2S. The molecule has 0 radical (unpaired) electrons. The van der Waals surface area contributed by atoms with Crippen molar-refractivity contribution in [3.05, 3.63) is 72.3 Å². The highest BCUT2D eigenvalue weighted by Gasteiger charge is 2.12. The molecule has 2 aromatic carbocycles. The van der Waals surface area contributed by atoms with Crippen LogP contribution in [0.2, 0.25) is 0 Å². The number of carbonyl (C=O) groups excluding carboxylic acids is 1. The van der Waals surface area contributed by atoms with Crippen LogP contribution in [0.3, 0.4) is 0 Å². The van der Waals surface area contributed by atoms with Crippen molar-refractivity contribution in [3.8, 4) is 0 Å². The second-order valence-corrected chi connectivity index (χ2v) is 5.41. The SMILES string of the molecule is C=CCOC(=O)c1ccccc1Sc1ccc(C)cc1. The van der Waals surface area contributed by atoms with E-state index in [1.165, 1.54) is 5.56 Å². The molecule has 0 amide bonds. The summed E-state index contributed by atoms with van der Waals surface area (Å²) in [5, 5.41) is 0. The van der Waals surface area contributed by atoms with Gasteiger partial charge in [-0.3, -0.25) is 0 Å². The predicted octanol–water partition coefficient (Wildman–Crippen LogP) is 4.49. The maximum Gasteiger partial charge on any atom is 0.339 e. The van der Waals surface area contributed by atoms with Crippen molar-refractivity contribution in [2.24, 2.45) is 0 Å². The molecular weight excluding hydrogens is 268 g/mol. The standard InChI is InChI=1S/C17H16O2S/c1-3-12-19-17(18)15-6-4-5-7-16(15)20-14-10-8-13(2)9-11-14/h3-11H,1,12H2,2H3. The van der Waals surface area contributed by atoms with Gasteiger partial charge in [-0.05, 0) is 31.2 Å². The summed E-state index contributed by atoms with van der Waals surface area (Å²) in [5.74, 6) is -0.319. The van der Waals surface area contributed by atoms with Crippen molar-refractivity contribution in [2.45, 2.75) is 16.7 Å². The summed E-state index contributed by atoms with van der Waals surface area (Å²) in [6.07, 6.45) is 1.56. The fourth-order valence-corrected chi connectivity index (χ4v) is 2.60. The van der Waals surface area contributed by atoms with E-state index in [2.05, 4.69) is 25.6 Å². The average Bonchev–Trinajstić information content (AvgIpc) is 2.48. The van der Waals surface area contributed by atoms with Crippen LogP contribution in [0.25, 0.3) is 0 Å². The van der Waals surface area contributed by atoms with Crippen molar-refractivity contribution in [1.29, 1.82) is 0 Å². The van der Waals surface area contributed by atoms with Crippen LogP contribution in [0.1, 0.15) is 15.9 Å². The number of hydrogen-bond acceptors (Lipinski definition) is 3. The predicted molar refractivity (Wildman–Crippen MR) is 82.2 cm³/mol. The lowest BCUT2D eigenvalue weighted by Crippen LogP contribution is -2.06. The molecule has 0 aromatic heterocycles. The molecule has 2 aromatic rings. The van der Waals surface area contributed by atoms with Gasteiger partial charge in [0.25, 0.3) is 0 Å². The Balaban J connectivity index is 2.21. The largest absolute Gasteiger partial charge is 0.458 e. The van der Waals surface area contributed by atoms with Crippen LogP contribution in [0.4, 0.5) is 0 Å². The lowest BCUT2D eigenvalue weighted by Gasteiger charge is -2.08. The van der Waals surface area contributed by atoms with Crippen molar-refractivity contribution in [3.63, 3.8) is 0 Å². The molecule has 2 nitrogen and oxygen atoms in total. The Hall–Kier alpha value is -2.00. The molecule has 0 atom stereocenters. The molecule has 0 fully saturated rings. The smallest absolute Gasteiger partial charge is 0.339 e. The van der Waals surface area contributed by atoms with E-state index >= 15 is 0 Å². The molecule has 0 unspecified atom stereocenters. The second-order valence-electron chi connectivity index (χ2n) is 4.30. The van der Waals surface area contributed by atoms with Crippen molar-refractivity contribution in [1.82, 2.24) is 0 Å². The third kappa shape index (κ3) is 3.75. The highest BCUT2D eigenvalue weighted by molar-refractivity contribution is 7.99. The number of ether oxygens (including phenoxy) is 1. The third-order valence-electron chi connectivity index (χ3n) is 2.69. The van der Waals surface area contributed by atoms with E-state index < -0.39 is 0 Å². The van der Waals surface area contributed by atoms with E-state index in [0.29, 0.717) is 5.56 Å². The molecule has 0 heterocycles. The minimum absolute atomic E-state index is 0.225. The summed E-state index contributed by atoms with van der Waals surface area (Å²) in [4.78, 5) is 14.0. The third-order valence-corrected chi connectivity index (χ3v) is 3.77. The summed E-state index contributed by atoms with van der Waals surface area (Å²) in [6.45, 7) is 5.82. The van der Waals surface area contributed by atoms with Gasteiger partial charge in [0.2, 0.25) is 0 Å². The highest BCUT2D eigenvalue weighted by Crippen LogP contribution is 2.30. The van der Waals surface area contributed by atoms with Crippen LogP contribution in [0.5, 0.6) is 0 Å². The maximum atomic E-state index is 12.0. The molecule has 3 heteroatoms. The van der Waals surface area contributed by atoms with Crippen molar-refractivity contribution < 1.29 is 9.53 Å². The lowest BCUT2D eigenvalue weighted by molar-refractivity contribution is 0.0545. The fourth-order valence-electron chi connectivity index (χ4n) is 1.67. The van der Waals surface area contributed by atoms with Crippen LogP contribution < -0.4 is 0 Å². The molecule has 0 spiro atoms. The van der Waals surface area contributed by atoms with Gasteiger partial charge in [0, 0.05) is 9.79 Å². The molecule has 0 bridgehead atoms. The average molecular weight is 284 g/mol. The van der Waals surface area contributed by atoms with Gasteiger partial charge in [0.05, 0.1) is 5.56 Å². The van der Waals surface area contributed by atoms with Crippen LogP contribution in [-0.4, -0.2) is 12.6 Å². The molecule has 0 N–H and O–H groups in total. The minimum atomic E-state index is -0.319. The lowest BCUT2D eigenvalue weighted by atomic mass is 10.2. The van der Waals surface area contributed by atoms with Gasteiger partial charge in [0.1, 0.15) is 6.61 Å². The Bertz CT molecular complexity index is 603. The zero-order valence-corrected chi connectivity index (χ0v) is 12.2. The zero-order chi connectivity index (χ0) is 14.4. The first-order valence-corrected chi connectivity index (χ1v) is 7.14. The number of esters is 1. The molecule has 0 aliphatic rings. The van der Waals surface area contributed by atoms with E-state index in [9.17, 15) is 4.79 Å². The maximum absolute atomic E-state index is 12.0. The fraction of sp³-hybridized carbons (Fsp3) is 0.118. The second kappa shape index (κ2) is 6.96. The van der Waals surface area contributed by atoms with Crippen molar-refractivity contribution >= 4 is 17.7 Å². The van der Waals surface area contributed by atoms with Crippen LogP contribution in [0.15, 0.2) is 71.0 Å². The molecule has 102 valence electrons. The highest BCUT2D eigenvalue weighted by atomic mass is 32.2. The number of hydrogen-bond donors (Lipinski definition) is 0. The van der Waals surface area contributed by atoms with Crippen molar-refractivity contribution in [2.75, 3.05) is 6.61 Å². The summed E-state index contributed by atoms with van der Waals surface area (Å²) in [6, 6.07) is 15.7. The summed E-state index contributed by atoms with van der Waals surface area (Å²) in [7, 11) is 0. The zero-order valence-electron chi connectivity index (χ0n) is 11.3. The molecule has 20 heavy (non-hydrogen) atoms. The molecule has 0 saturated heterocycles. The van der Waals surface area contributed by atoms with Gasteiger partial charge < -0.3 is 4.74 Å². The Morgan fingerprint density at radius 1 is 1.20 bits per heavy atom. The summed E-state index contributed by atoms with van der Waals surface area (Å²) < 4.78 is 5.10. The van der Waals surface area contributed by atoms with E-state index in [1.54, 1.807) is 23.9 Å². The Morgan fingerprint density at radius 2 is 1.90 bits per heavy atom. The minimum Gasteiger partial charge on any atom is -0.458 e. The van der Waals surface area contributed by atoms with Gasteiger partial charge in [-0.1, -0.05) is 54.2 Å². The van der Waals surface area contributed by atoms with E-state index in [-0.39, 0.29) is 12.6 Å². The molecule has 0 saturated carbocycles. The quantitative estimate of drug-likeness (QED) is 0.598. The van der Waals surface area contributed by atoms with Crippen LogP contribution in [-0.2, 0) is 4.74 Å². The first-order valence-electron chi connectivity index (χ1n) is 6.32. The summed E-state index contributed by atoms with van der Waals surface area (Å²) >= 11 is 1.56. The monoisotopic (exact) mass is 284 g/mol. The number of rotatable bonds is 5. The van der Waals surface area contributed by atoms with Crippen LogP contribution in [0, 0.1) is 6.92 Å². The molecule has 2 rings (SSSR count). The van der Waals surface area contributed by atoms with Crippen LogP contribution >= 0.6 is 11.8 Å². The van der Waals surface area contributed by atoms with Gasteiger partial charge in [-0.25, -0.2) is 4.79 Å². The van der Waals surface area contributed by atoms with Gasteiger partial charge >= 0.3 is 5.97 Å². The Morgan fingerprint density at radius 3 is 2.60 bits per heavy atom. The Labute approximate surface area is 123 Å². The van der Waals surface area contributed by atoms with Gasteiger partial charge in [0.15, 0.2) is 0 Å². The van der Waals surface area contributed by atoms with E-state index in [1.807, 2.05) is 30.3 Å². The van der Waals surface area contributed by atoms with Gasteiger partial charge in [-0.2, -0.15) is 0 Å². The van der Waals surface area contributed by atoms with E-state index in [4.69, 9.17) is 4.74 Å². The summed E-state index contributed by atoms with van der Waals surface area (Å²) in [5.41, 5.74) is 1.80.